The molecule has 0 bridgehead atoms. The maximum atomic E-state index is 6.10. The summed E-state index contributed by atoms with van der Waals surface area (Å²) in [5.74, 6) is 2.46. The first kappa shape index (κ1) is 20.0. The van der Waals surface area contributed by atoms with Crippen molar-refractivity contribution < 1.29 is 4.74 Å². The Bertz CT molecular complexity index is 1330. The highest BCUT2D eigenvalue weighted by Gasteiger charge is 2.17. The molecule has 6 nitrogen and oxygen atoms in total. The molecule has 0 aliphatic carbocycles. The van der Waals surface area contributed by atoms with Crippen molar-refractivity contribution in [3.05, 3.63) is 66.4 Å². The van der Waals surface area contributed by atoms with E-state index in [-0.39, 0.29) is 0 Å². The van der Waals surface area contributed by atoms with E-state index in [1.807, 2.05) is 61.7 Å². The molecule has 0 saturated carbocycles. The second-order valence-electron chi connectivity index (χ2n) is 6.94. The molecule has 2 aromatic carbocycles. The lowest BCUT2D eigenvalue weighted by Crippen LogP contribution is -2.04. The van der Waals surface area contributed by atoms with Gasteiger partial charge in [-0.1, -0.05) is 36.0 Å². The van der Waals surface area contributed by atoms with Crippen LogP contribution in [0.1, 0.15) is 5.56 Å². The van der Waals surface area contributed by atoms with Crippen LogP contribution in [-0.4, -0.2) is 42.5 Å². The van der Waals surface area contributed by atoms with E-state index in [1.165, 1.54) is 0 Å². The molecule has 0 fully saturated rings. The van der Waals surface area contributed by atoms with Crippen molar-refractivity contribution in [2.45, 2.75) is 12.1 Å². The quantitative estimate of drug-likeness (QED) is 0.259. The summed E-state index contributed by atoms with van der Waals surface area (Å²) < 4.78 is 8.21. The van der Waals surface area contributed by atoms with Gasteiger partial charge < -0.3 is 9.72 Å². The molecular formula is C23H21N5OS2. The Kier molecular flexibility index (Phi) is 5.57. The molecular weight excluding hydrogens is 426 g/mol. The number of hydrogen-bond donors (Lipinski definition) is 1. The van der Waals surface area contributed by atoms with Gasteiger partial charge in [0.25, 0.3) is 0 Å². The van der Waals surface area contributed by atoms with Crippen molar-refractivity contribution in [2.75, 3.05) is 18.6 Å². The summed E-state index contributed by atoms with van der Waals surface area (Å²) in [6.45, 7) is 2.61. The van der Waals surface area contributed by atoms with Gasteiger partial charge in [0.15, 0.2) is 11.0 Å². The molecule has 0 atom stereocenters. The molecule has 0 aliphatic rings. The number of pyridine rings is 1. The number of thioether (sulfide) groups is 1. The zero-order valence-electron chi connectivity index (χ0n) is 17.2. The Morgan fingerprint density at radius 3 is 2.65 bits per heavy atom. The second kappa shape index (κ2) is 8.64. The van der Waals surface area contributed by atoms with Crippen molar-refractivity contribution in [1.29, 1.82) is 0 Å². The first-order valence-corrected chi connectivity index (χ1v) is 12.1. The third-order valence-corrected chi connectivity index (χ3v) is 6.59. The minimum atomic E-state index is 0.574. The molecule has 31 heavy (non-hydrogen) atoms. The number of para-hydroxylation sites is 4. The van der Waals surface area contributed by atoms with Crippen LogP contribution in [0.25, 0.3) is 33.6 Å². The average molecular weight is 448 g/mol. The molecule has 0 radical (unpaired) electrons. The Hall–Kier alpha value is -2.97. The van der Waals surface area contributed by atoms with Gasteiger partial charge in [-0.15, -0.1) is 0 Å². The van der Waals surface area contributed by atoms with E-state index >= 15 is 0 Å². The number of nitrogens with one attached hydrogen (secondary N) is 1. The molecule has 8 heteroatoms. The number of fused-ring (bicyclic) bond motifs is 2. The second-order valence-corrected chi connectivity index (χ2v) is 8.75. The van der Waals surface area contributed by atoms with Gasteiger partial charge in [0.1, 0.15) is 11.4 Å². The molecule has 156 valence electrons. The number of imidazole rings is 2. The largest absolute Gasteiger partial charge is 0.492 e. The van der Waals surface area contributed by atoms with Crippen LogP contribution in [0.4, 0.5) is 0 Å². The van der Waals surface area contributed by atoms with Crippen molar-refractivity contribution in [3.8, 4) is 17.3 Å². The van der Waals surface area contributed by atoms with Crippen LogP contribution in [0.15, 0.2) is 66.0 Å². The van der Waals surface area contributed by atoms with E-state index in [9.17, 15) is 0 Å². The van der Waals surface area contributed by atoms with E-state index < -0.39 is 0 Å². The average Bonchev–Trinajstić information content (AvgIpc) is 3.38. The lowest BCUT2D eigenvalue weighted by molar-refractivity contribution is 0.341. The predicted octanol–water partition coefficient (Wildman–Crippen LogP) is 5.58. The number of aromatic amines is 1. The Balaban J connectivity index is 1.32. The fourth-order valence-electron chi connectivity index (χ4n) is 3.53. The molecule has 1 N–H and O–H groups in total. The molecule has 0 spiro atoms. The number of H-pyrrole nitrogens is 1. The number of hydrogen-bond acceptors (Lipinski definition) is 6. The van der Waals surface area contributed by atoms with Crippen LogP contribution in [0.3, 0.4) is 0 Å². The summed E-state index contributed by atoms with van der Waals surface area (Å²) in [4.78, 5) is 17.4. The summed E-state index contributed by atoms with van der Waals surface area (Å²) in [6, 6.07) is 18.1. The minimum Gasteiger partial charge on any atom is -0.492 e. The van der Waals surface area contributed by atoms with Crippen LogP contribution in [-0.2, 0) is 0 Å². The number of rotatable bonds is 7. The van der Waals surface area contributed by atoms with Crippen LogP contribution >= 0.6 is 23.7 Å². The molecule has 0 aliphatic heterocycles. The van der Waals surface area contributed by atoms with Crippen LogP contribution in [0.5, 0.6) is 5.75 Å². The lowest BCUT2D eigenvalue weighted by atomic mass is 10.2. The molecule has 0 unspecified atom stereocenters. The van der Waals surface area contributed by atoms with E-state index in [0.717, 1.165) is 55.8 Å². The number of aromatic nitrogens is 5. The summed E-state index contributed by atoms with van der Waals surface area (Å²) in [6.07, 6.45) is 3.83. The van der Waals surface area contributed by atoms with E-state index in [0.29, 0.717) is 6.61 Å². The smallest absolute Gasteiger partial charge is 0.170 e. The van der Waals surface area contributed by atoms with Gasteiger partial charge in [-0.25, -0.2) is 9.97 Å². The summed E-state index contributed by atoms with van der Waals surface area (Å²) in [5.41, 5.74) is 5.91. The molecule has 3 aromatic heterocycles. The van der Waals surface area contributed by atoms with E-state index in [4.69, 9.17) is 9.72 Å². The first-order valence-electron chi connectivity index (χ1n) is 9.93. The Labute approximate surface area is 188 Å². The van der Waals surface area contributed by atoms with Gasteiger partial charge >= 0.3 is 0 Å². The fraction of sp³-hybridized carbons (Fsp3) is 0.174. The highest BCUT2D eigenvalue weighted by Crippen LogP contribution is 2.32. The maximum absolute atomic E-state index is 6.10. The van der Waals surface area contributed by atoms with Gasteiger partial charge in [-0.3, -0.25) is 8.96 Å². The molecule has 0 saturated heterocycles. The van der Waals surface area contributed by atoms with Gasteiger partial charge in [-0.05, 0) is 49.2 Å². The van der Waals surface area contributed by atoms with E-state index in [1.54, 1.807) is 29.9 Å². The standard InChI is InChI=1S/C23H21N5OS2/c1-15-20(29-13-14-31-23-26-16-7-3-4-8-17(16)27-23)11-12-24-21(15)22-25-18-9-5-6-10-19(18)28(22)30-2/h3-12H,13-14H2,1-2H3,(H,26,27). The number of nitrogens with zero attached hydrogens (tertiary/aromatic N) is 4. The van der Waals surface area contributed by atoms with Crippen molar-refractivity contribution >= 4 is 45.8 Å². The molecule has 5 rings (SSSR count). The van der Waals surface area contributed by atoms with Gasteiger partial charge in [0.2, 0.25) is 0 Å². The Morgan fingerprint density at radius 1 is 1.00 bits per heavy atom. The van der Waals surface area contributed by atoms with Gasteiger partial charge in [0, 0.05) is 23.8 Å². The molecule has 3 heterocycles. The van der Waals surface area contributed by atoms with Gasteiger partial charge in [-0.2, -0.15) is 0 Å². The first-order chi connectivity index (χ1) is 15.2. The third-order valence-electron chi connectivity index (χ3n) is 5.02. The minimum absolute atomic E-state index is 0.574. The highest BCUT2D eigenvalue weighted by atomic mass is 32.2. The van der Waals surface area contributed by atoms with E-state index in [2.05, 4.69) is 25.0 Å². The lowest BCUT2D eigenvalue weighted by Gasteiger charge is -2.12. The third kappa shape index (κ3) is 3.88. The van der Waals surface area contributed by atoms with Crippen molar-refractivity contribution in [1.82, 2.24) is 23.9 Å². The summed E-state index contributed by atoms with van der Waals surface area (Å²) in [7, 11) is 0. The SMILES string of the molecule is CSn1c(-c2nccc(OCCSc3nc4ccccc4[nH]3)c2C)nc2ccccc21. The monoisotopic (exact) mass is 447 g/mol. The van der Waals surface area contributed by atoms with Crippen molar-refractivity contribution in [3.63, 3.8) is 0 Å². The van der Waals surface area contributed by atoms with Crippen LogP contribution in [0.2, 0.25) is 0 Å². The molecule has 5 aromatic rings. The normalized spacial score (nSPS) is 11.4. The number of ether oxygens (including phenoxy) is 1. The zero-order chi connectivity index (χ0) is 21.2. The summed E-state index contributed by atoms with van der Waals surface area (Å²) in [5, 5.41) is 0.908. The number of benzene rings is 2. The van der Waals surface area contributed by atoms with Crippen molar-refractivity contribution in [2.24, 2.45) is 0 Å². The maximum Gasteiger partial charge on any atom is 0.170 e. The topological polar surface area (TPSA) is 68.6 Å². The van der Waals surface area contributed by atoms with Crippen LogP contribution in [0, 0.1) is 6.92 Å². The predicted molar refractivity (Wildman–Crippen MR) is 129 cm³/mol. The summed E-state index contributed by atoms with van der Waals surface area (Å²) >= 11 is 3.28. The fourth-order valence-corrected chi connectivity index (χ4v) is 4.88. The Morgan fingerprint density at radius 2 is 1.81 bits per heavy atom. The highest BCUT2D eigenvalue weighted by molar-refractivity contribution is 7.99. The van der Waals surface area contributed by atoms with Gasteiger partial charge in [0.05, 0.1) is 28.7 Å². The van der Waals surface area contributed by atoms with Crippen LogP contribution < -0.4 is 4.74 Å². The molecule has 0 amide bonds. The zero-order valence-corrected chi connectivity index (χ0v) is 18.8.